The first kappa shape index (κ1) is 12.3. The molecule has 94 valence electrons. The summed E-state index contributed by atoms with van der Waals surface area (Å²) < 4.78 is 5.44. The van der Waals surface area contributed by atoms with Gasteiger partial charge in [-0.15, -0.1) is 0 Å². The lowest BCUT2D eigenvalue weighted by molar-refractivity contribution is 0.0230. The Balaban J connectivity index is 1.91. The second kappa shape index (κ2) is 5.48. The Kier molecular flexibility index (Phi) is 4.22. The van der Waals surface area contributed by atoms with Gasteiger partial charge in [-0.2, -0.15) is 0 Å². The van der Waals surface area contributed by atoms with E-state index < -0.39 is 0 Å². The van der Waals surface area contributed by atoms with E-state index in [2.05, 4.69) is 18.9 Å². The molecule has 1 aliphatic carbocycles. The van der Waals surface area contributed by atoms with Gasteiger partial charge in [0.15, 0.2) is 0 Å². The van der Waals surface area contributed by atoms with Crippen molar-refractivity contribution in [2.24, 2.45) is 17.6 Å². The lowest BCUT2D eigenvalue weighted by Gasteiger charge is -2.39. The topological polar surface area (TPSA) is 38.5 Å². The van der Waals surface area contributed by atoms with E-state index in [0.29, 0.717) is 12.1 Å². The molecule has 0 spiro atoms. The molecule has 0 aromatic heterocycles. The summed E-state index contributed by atoms with van der Waals surface area (Å²) in [6.45, 7) is 5.00. The molecule has 0 radical (unpaired) electrons. The zero-order valence-electron chi connectivity index (χ0n) is 10.7. The van der Waals surface area contributed by atoms with Crippen LogP contribution in [-0.4, -0.2) is 43.8 Å². The van der Waals surface area contributed by atoms with Crippen molar-refractivity contribution in [1.29, 1.82) is 0 Å². The molecule has 1 saturated heterocycles. The van der Waals surface area contributed by atoms with Crippen LogP contribution in [0.25, 0.3) is 0 Å². The largest absolute Gasteiger partial charge is 0.381 e. The van der Waals surface area contributed by atoms with E-state index in [1.54, 1.807) is 0 Å². The summed E-state index contributed by atoms with van der Waals surface area (Å²) in [5, 5.41) is 0. The molecular formula is C13H26N2O. The second-order valence-electron chi connectivity index (χ2n) is 5.50. The highest BCUT2D eigenvalue weighted by molar-refractivity contribution is 4.89. The lowest BCUT2D eigenvalue weighted by atomic mass is 9.90. The Morgan fingerprint density at radius 3 is 2.31 bits per heavy atom. The molecule has 0 amide bonds. The molecule has 2 aliphatic rings. The Hall–Kier alpha value is -0.120. The first-order chi connectivity index (χ1) is 7.74. The number of nitrogens with zero attached hydrogens (tertiary/aromatic N) is 1. The van der Waals surface area contributed by atoms with Crippen LogP contribution in [0.2, 0.25) is 0 Å². The van der Waals surface area contributed by atoms with Gasteiger partial charge in [0.05, 0.1) is 0 Å². The molecule has 2 fully saturated rings. The molecule has 1 saturated carbocycles. The zero-order chi connectivity index (χ0) is 11.5. The van der Waals surface area contributed by atoms with Crippen molar-refractivity contribution in [3.63, 3.8) is 0 Å². The monoisotopic (exact) mass is 226 g/mol. The summed E-state index contributed by atoms with van der Waals surface area (Å²) in [4.78, 5) is 2.54. The van der Waals surface area contributed by atoms with Gasteiger partial charge < -0.3 is 10.5 Å². The van der Waals surface area contributed by atoms with E-state index in [4.69, 9.17) is 10.5 Å². The van der Waals surface area contributed by atoms with Gasteiger partial charge in [-0.25, -0.2) is 0 Å². The summed E-state index contributed by atoms with van der Waals surface area (Å²) in [5.41, 5.74) is 5.98. The maximum absolute atomic E-state index is 5.98. The highest BCUT2D eigenvalue weighted by atomic mass is 16.5. The van der Waals surface area contributed by atoms with Crippen molar-refractivity contribution in [3.8, 4) is 0 Å². The maximum Gasteiger partial charge on any atom is 0.0469 e. The number of likely N-dealkylation sites (N-methyl/N-ethyl adjacent to an activating group) is 1. The molecule has 2 N–H and O–H groups in total. The summed E-state index contributed by atoms with van der Waals surface area (Å²) in [6.07, 6.45) is 5.19. The van der Waals surface area contributed by atoms with Crippen LogP contribution >= 0.6 is 0 Å². The third-order valence-electron chi connectivity index (χ3n) is 4.52. The van der Waals surface area contributed by atoms with Gasteiger partial charge in [-0.3, -0.25) is 4.90 Å². The highest BCUT2D eigenvalue weighted by Gasteiger charge is 2.35. The predicted octanol–water partition coefficient (Wildman–Crippen LogP) is 1.47. The molecule has 1 heterocycles. The van der Waals surface area contributed by atoms with Gasteiger partial charge in [0, 0.05) is 31.8 Å². The Morgan fingerprint density at radius 1 is 1.19 bits per heavy atom. The van der Waals surface area contributed by atoms with E-state index in [1.165, 1.54) is 25.7 Å². The SMILES string of the molecule is CC(C1CC1)N(C)C(CN)C1CCOCC1. The molecule has 3 heteroatoms. The van der Waals surface area contributed by atoms with E-state index >= 15 is 0 Å². The zero-order valence-corrected chi connectivity index (χ0v) is 10.7. The fourth-order valence-electron chi connectivity index (χ4n) is 3.01. The fourth-order valence-corrected chi connectivity index (χ4v) is 3.01. The molecule has 0 aromatic rings. The molecule has 2 atom stereocenters. The van der Waals surface area contributed by atoms with Gasteiger partial charge in [-0.05, 0) is 51.5 Å². The van der Waals surface area contributed by atoms with Crippen LogP contribution in [0.4, 0.5) is 0 Å². The van der Waals surface area contributed by atoms with Gasteiger partial charge in [0.1, 0.15) is 0 Å². The average molecular weight is 226 g/mol. The maximum atomic E-state index is 5.98. The third-order valence-corrected chi connectivity index (χ3v) is 4.52. The van der Waals surface area contributed by atoms with Crippen LogP contribution < -0.4 is 5.73 Å². The quantitative estimate of drug-likeness (QED) is 0.771. The molecule has 0 aromatic carbocycles. The minimum atomic E-state index is 0.555. The Labute approximate surface area is 99.3 Å². The van der Waals surface area contributed by atoms with Crippen molar-refractivity contribution >= 4 is 0 Å². The first-order valence-corrected chi connectivity index (χ1v) is 6.73. The summed E-state index contributed by atoms with van der Waals surface area (Å²) >= 11 is 0. The Morgan fingerprint density at radius 2 is 1.81 bits per heavy atom. The molecule has 2 rings (SSSR count). The number of rotatable bonds is 5. The fraction of sp³-hybridized carbons (Fsp3) is 1.00. The summed E-state index contributed by atoms with van der Waals surface area (Å²) in [7, 11) is 2.26. The predicted molar refractivity (Wildman–Crippen MR) is 66.3 cm³/mol. The van der Waals surface area contributed by atoms with Crippen LogP contribution in [0.15, 0.2) is 0 Å². The van der Waals surface area contributed by atoms with Gasteiger partial charge in [-0.1, -0.05) is 0 Å². The van der Waals surface area contributed by atoms with Crippen LogP contribution in [0.3, 0.4) is 0 Å². The number of nitrogens with two attached hydrogens (primary N) is 1. The second-order valence-corrected chi connectivity index (χ2v) is 5.50. The number of hydrogen-bond donors (Lipinski definition) is 1. The number of ether oxygens (including phenoxy) is 1. The van der Waals surface area contributed by atoms with Gasteiger partial charge >= 0.3 is 0 Å². The van der Waals surface area contributed by atoms with Gasteiger partial charge in [0.2, 0.25) is 0 Å². The molecule has 16 heavy (non-hydrogen) atoms. The van der Waals surface area contributed by atoms with E-state index in [0.717, 1.165) is 31.6 Å². The minimum absolute atomic E-state index is 0.555. The minimum Gasteiger partial charge on any atom is -0.381 e. The smallest absolute Gasteiger partial charge is 0.0469 e. The average Bonchev–Trinajstić information content (AvgIpc) is 3.14. The van der Waals surface area contributed by atoms with Crippen LogP contribution in [-0.2, 0) is 4.74 Å². The molecule has 0 bridgehead atoms. The summed E-state index contributed by atoms with van der Waals surface area (Å²) in [5.74, 6) is 1.67. The standard InChI is InChI=1S/C13H26N2O/c1-10(11-3-4-11)15(2)13(9-14)12-5-7-16-8-6-12/h10-13H,3-9,14H2,1-2H3. The molecular weight excluding hydrogens is 200 g/mol. The van der Waals surface area contributed by atoms with E-state index in [9.17, 15) is 0 Å². The normalized spacial score (nSPS) is 27.0. The highest BCUT2D eigenvalue weighted by Crippen LogP contribution is 2.36. The van der Waals surface area contributed by atoms with Crippen molar-refractivity contribution in [1.82, 2.24) is 4.90 Å². The van der Waals surface area contributed by atoms with Crippen molar-refractivity contribution in [2.45, 2.75) is 44.7 Å². The third kappa shape index (κ3) is 2.76. The van der Waals surface area contributed by atoms with E-state index in [1.807, 2.05) is 0 Å². The first-order valence-electron chi connectivity index (χ1n) is 6.73. The molecule has 2 unspecified atom stereocenters. The van der Waals surface area contributed by atoms with Crippen LogP contribution in [0.5, 0.6) is 0 Å². The Bertz CT molecular complexity index is 212. The van der Waals surface area contributed by atoms with E-state index in [-0.39, 0.29) is 0 Å². The molecule has 1 aliphatic heterocycles. The van der Waals surface area contributed by atoms with Crippen molar-refractivity contribution in [2.75, 3.05) is 26.8 Å². The van der Waals surface area contributed by atoms with Gasteiger partial charge in [0.25, 0.3) is 0 Å². The van der Waals surface area contributed by atoms with Crippen molar-refractivity contribution in [3.05, 3.63) is 0 Å². The summed E-state index contributed by atoms with van der Waals surface area (Å²) in [6, 6.07) is 1.26. The molecule has 3 nitrogen and oxygen atoms in total. The number of hydrogen-bond acceptors (Lipinski definition) is 3. The van der Waals surface area contributed by atoms with Crippen LogP contribution in [0.1, 0.15) is 32.6 Å². The lowest BCUT2D eigenvalue weighted by Crippen LogP contribution is -2.49. The van der Waals surface area contributed by atoms with Crippen molar-refractivity contribution < 1.29 is 4.74 Å². The van der Waals surface area contributed by atoms with Crippen LogP contribution in [0, 0.1) is 11.8 Å².